The quantitative estimate of drug-likeness (QED) is 0.647. The summed E-state index contributed by atoms with van der Waals surface area (Å²) in [5, 5.41) is -0.395. The lowest BCUT2D eigenvalue weighted by molar-refractivity contribution is -0.123. The van der Waals surface area contributed by atoms with Gasteiger partial charge in [-0.3, -0.25) is 19.3 Å². The molecule has 1 saturated heterocycles. The second-order valence-electron chi connectivity index (χ2n) is 6.13. The topological polar surface area (TPSA) is 98.9 Å². The van der Waals surface area contributed by atoms with Crippen LogP contribution in [0.15, 0.2) is 41.3 Å². The summed E-state index contributed by atoms with van der Waals surface area (Å²) < 4.78 is 24.5. The Hall–Kier alpha value is -3.04. The van der Waals surface area contributed by atoms with Gasteiger partial charge in [-0.25, -0.2) is 4.39 Å². The summed E-state index contributed by atoms with van der Waals surface area (Å²) in [7, 11) is 1.42. The Balaban J connectivity index is 1.82. The van der Waals surface area contributed by atoms with E-state index in [-0.39, 0.29) is 28.6 Å². The number of methoxy groups -OCH3 is 1. The van der Waals surface area contributed by atoms with E-state index in [0.717, 1.165) is 16.7 Å². The average molecular weight is 451 g/mol. The van der Waals surface area contributed by atoms with E-state index in [4.69, 9.17) is 26.8 Å². The first-order valence-electron chi connectivity index (χ1n) is 8.57. The minimum absolute atomic E-state index is 0.0698. The highest BCUT2D eigenvalue weighted by Crippen LogP contribution is 2.36. The highest BCUT2D eigenvalue weighted by molar-refractivity contribution is 8.18. The molecule has 0 spiro atoms. The van der Waals surface area contributed by atoms with E-state index in [0.29, 0.717) is 17.1 Å². The Morgan fingerprint density at radius 3 is 2.70 bits per heavy atom. The van der Waals surface area contributed by atoms with Crippen LogP contribution in [0.3, 0.4) is 0 Å². The Bertz CT molecular complexity index is 1040. The van der Waals surface area contributed by atoms with E-state index in [9.17, 15) is 18.8 Å². The van der Waals surface area contributed by atoms with Crippen LogP contribution in [0.2, 0.25) is 5.02 Å². The molecule has 1 heterocycles. The lowest BCUT2D eigenvalue weighted by Gasteiger charge is -2.14. The van der Waals surface area contributed by atoms with Crippen LogP contribution in [0.5, 0.6) is 11.5 Å². The van der Waals surface area contributed by atoms with E-state index < -0.39 is 22.9 Å². The molecule has 30 heavy (non-hydrogen) atoms. The monoisotopic (exact) mass is 450 g/mol. The Morgan fingerprint density at radius 1 is 1.27 bits per heavy atom. The van der Waals surface area contributed by atoms with Gasteiger partial charge in [0.25, 0.3) is 17.1 Å². The smallest absolute Gasteiger partial charge is 0.293 e. The Kier molecular flexibility index (Phi) is 6.63. The van der Waals surface area contributed by atoms with Gasteiger partial charge >= 0.3 is 0 Å². The zero-order valence-electron chi connectivity index (χ0n) is 15.7. The number of nitrogens with zero attached hydrogens (tertiary/aromatic N) is 1. The standard InChI is InChI=1S/C20H16ClFN2O5S/c1-28-16-7-11(5-6-15(16)29-10-18(23)25)8-17-19(26)24(20(27)30-17)9-12-13(21)3-2-4-14(12)22/h2-8H,9-10H2,1H3,(H2,23,25)/b17-8-. The molecule has 3 rings (SSSR count). The molecule has 2 N–H and O–H groups in total. The molecule has 2 aromatic carbocycles. The second kappa shape index (κ2) is 9.19. The number of imide groups is 1. The average Bonchev–Trinajstić information content (AvgIpc) is 2.96. The number of primary amides is 1. The molecule has 1 fully saturated rings. The third-order valence-corrected chi connectivity index (χ3v) is 5.37. The van der Waals surface area contributed by atoms with Crippen molar-refractivity contribution in [1.29, 1.82) is 0 Å². The summed E-state index contributed by atoms with van der Waals surface area (Å²) >= 11 is 6.74. The molecule has 0 saturated carbocycles. The van der Waals surface area contributed by atoms with Gasteiger partial charge in [-0.15, -0.1) is 0 Å². The molecule has 1 aliphatic rings. The number of carbonyl (C=O) groups excluding carboxylic acids is 3. The minimum Gasteiger partial charge on any atom is -0.493 e. The van der Waals surface area contributed by atoms with E-state index in [1.165, 1.54) is 31.4 Å². The van der Waals surface area contributed by atoms with Crippen molar-refractivity contribution in [3.8, 4) is 11.5 Å². The van der Waals surface area contributed by atoms with Gasteiger partial charge in [0.1, 0.15) is 5.82 Å². The van der Waals surface area contributed by atoms with E-state index in [1.807, 2.05) is 0 Å². The number of thioether (sulfide) groups is 1. The van der Waals surface area contributed by atoms with Crippen LogP contribution in [0, 0.1) is 5.82 Å². The highest BCUT2D eigenvalue weighted by Gasteiger charge is 2.36. The first kappa shape index (κ1) is 21.7. The second-order valence-corrected chi connectivity index (χ2v) is 7.53. The van der Waals surface area contributed by atoms with Gasteiger partial charge in [-0.05, 0) is 47.7 Å². The minimum atomic E-state index is -0.634. The lowest BCUT2D eigenvalue weighted by atomic mass is 10.1. The van der Waals surface area contributed by atoms with E-state index in [2.05, 4.69) is 0 Å². The van der Waals surface area contributed by atoms with Crippen LogP contribution in [0.4, 0.5) is 9.18 Å². The van der Waals surface area contributed by atoms with E-state index >= 15 is 0 Å². The van der Waals surface area contributed by atoms with Crippen molar-refractivity contribution in [2.45, 2.75) is 6.54 Å². The number of hydrogen-bond donors (Lipinski definition) is 1. The zero-order valence-corrected chi connectivity index (χ0v) is 17.3. The molecule has 1 aliphatic heterocycles. The molecule has 156 valence electrons. The van der Waals surface area contributed by atoms with Crippen LogP contribution < -0.4 is 15.2 Å². The molecule has 0 aliphatic carbocycles. The van der Waals surface area contributed by atoms with Crippen LogP contribution in [0.25, 0.3) is 6.08 Å². The summed E-state index contributed by atoms with van der Waals surface area (Å²) in [4.78, 5) is 37.0. The number of ether oxygens (including phenoxy) is 2. The Labute approximate surface area is 180 Å². The van der Waals surface area contributed by atoms with Gasteiger partial charge in [0.05, 0.1) is 18.6 Å². The summed E-state index contributed by atoms with van der Waals surface area (Å²) in [6.45, 7) is -0.579. The predicted octanol–water partition coefficient (Wildman–Crippen LogP) is 3.59. The zero-order chi connectivity index (χ0) is 21.8. The molecule has 7 nitrogen and oxygen atoms in total. The normalized spacial score (nSPS) is 15.0. The fourth-order valence-electron chi connectivity index (χ4n) is 2.67. The van der Waals surface area contributed by atoms with Crippen LogP contribution in [-0.2, 0) is 16.1 Å². The van der Waals surface area contributed by atoms with Crippen molar-refractivity contribution in [2.24, 2.45) is 5.73 Å². The summed E-state index contributed by atoms with van der Waals surface area (Å²) in [6, 6.07) is 8.90. The number of rotatable bonds is 7. The predicted molar refractivity (Wildman–Crippen MR) is 111 cm³/mol. The van der Waals surface area contributed by atoms with Crippen LogP contribution in [-0.4, -0.2) is 35.7 Å². The van der Waals surface area contributed by atoms with Crippen molar-refractivity contribution in [1.82, 2.24) is 4.90 Å². The number of halogens is 2. The van der Waals surface area contributed by atoms with E-state index in [1.54, 1.807) is 18.2 Å². The van der Waals surface area contributed by atoms with Gasteiger partial charge in [0.2, 0.25) is 0 Å². The maximum absolute atomic E-state index is 14.0. The molecular formula is C20H16ClFN2O5S. The maximum Gasteiger partial charge on any atom is 0.293 e. The van der Waals surface area contributed by atoms with Gasteiger partial charge in [0.15, 0.2) is 18.1 Å². The molecular weight excluding hydrogens is 435 g/mol. The highest BCUT2D eigenvalue weighted by atomic mass is 35.5. The largest absolute Gasteiger partial charge is 0.493 e. The maximum atomic E-state index is 14.0. The number of amides is 3. The van der Waals surface area contributed by atoms with Gasteiger partial charge in [-0.1, -0.05) is 23.7 Å². The van der Waals surface area contributed by atoms with Crippen molar-refractivity contribution in [3.05, 3.63) is 63.3 Å². The third-order valence-electron chi connectivity index (χ3n) is 4.11. The van der Waals surface area contributed by atoms with Crippen molar-refractivity contribution in [3.63, 3.8) is 0 Å². The summed E-state index contributed by atoms with van der Waals surface area (Å²) in [5.74, 6) is -1.16. The van der Waals surface area contributed by atoms with Gasteiger partial charge in [0, 0.05) is 10.6 Å². The first-order chi connectivity index (χ1) is 14.3. The molecule has 2 aromatic rings. The lowest BCUT2D eigenvalue weighted by Crippen LogP contribution is -2.28. The molecule has 10 heteroatoms. The number of benzene rings is 2. The van der Waals surface area contributed by atoms with Crippen molar-refractivity contribution in [2.75, 3.05) is 13.7 Å². The number of nitrogens with two attached hydrogens (primary N) is 1. The van der Waals surface area contributed by atoms with Crippen LogP contribution >= 0.6 is 23.4 Å². The van der Waals surface area contributed by atoms with Gasteiger partial charge < -0.3 is 15.2 Å². The van der Waals surface area contributed by atoms with Crippen molar-refractivity contribution < 1.29 is 28.2 Å². The SMILES string of the molecule is COc1cc(/C=C2\SC(=O)N(Cc3c(F)cccc3Cl)C2=O)ccc1OCC(N)=O. The third kappa shape index (κ3) is 4.74. The fourth-order valence-corrected chi connectivity index (χ4v) is 3.73. The molecule has 0 bridgehead atoms. The summed E-state index contributed by atoms with van der Waals surface area (Å²) in [6.07, 6.45) is 1.51. The Morgan fingerprint density at radius 2 is 2.03 bits per heavy atom. The molecule has 0 aromatic heterocycles. The molecule has 0 unspecified atom stereocenters. The number of carbonyl (C=O) groups is 3. The first-order valence-corrected chi connectivity index (χ1v) is 9.77. The van der Waals surface area contributed by atoms with Crippen LogP contribution in [0.1, 0.15) is 11.1 Å². The van der Waals surface area contributed by atoms with Crippen molar-refractivity contribution >= 4 is 46.5 Å². The molecule has 0 radical (unpaired) electrons. The summed E-state index contributed by atoms with van der Waals surface area (Å²) in [5.41, 5.74) is 5.70. The number of hydrogen-bond acceptors (Lipinski definition) is 6. The molecule has 3 amide bonds. The van der Waals surface area contributed by atoms with Gasteiger partial charge in [-0.2, -0.15) is 0 Å². The fraction of sp³-hybridized carbons (Fsp3) is 0.150. The molecule has 0 atom stereocenters.